The summed E-state index contributed by atoms with van der Waals surface area (Å²) in [5.41, 5.74) is 6.79. The van der Waals surface area contributed by atoms with Crippen LogP contribution < -0.4 is 5.32 Å². The van der Waals surface area contributed by atoms with Crippen molar-refractivity contribution < 1.29 is 9.59 Å². The number of anilines is 1. The molecule has 2 unspecified atom stereocenters. The Hall–Kier alpha value is -5.16. The number of hydrogen-bond donors (Lipinski definition) is 1. The molecule has 0 saturated carbocycles. The van der Waals surface area contributed by atoms with Gasteiger partial charge in [-0.15, -0.1) is 0 Å². The first kappa shape index (κ1) is 29.9. The van der Waals surface area contributed by atoms with Crippen LogP contribution >= 0.6 is 0 Å². The van der Waals surface area contributed by atoms with Crippen molar-refractivity contribution in [1.29, 1.82) is 0 Å². The van der Waals surface area contributed by atoms with E-state index >= 15 is 0 Å². The molecule has 5 heteroatoms. The summed E-state index contributed by atoms with van der Waals surface area (Å²) in [6, 6.07) is 46.3. The third-order valence-electron chi connectivity index (χ3n) is 8.62. The van der Waals surface area contributed by atoms with E-state index in [0.29, 0.717) is 18.7 Å². The molecule has 0 spiro atoms. The quantitative estimate of drug-likeness (QED) is 0.159. The van der Waals surface area contributed by atoms with Gasteiger partial charge in [0, 0.05) is 41.5 Å². The van der Waals surface area contributed by atoms with E-state index in [1.165, 1.54) is 11.1 Å². The van der Waals surface area contributed by atoms with E-state index < -0.39 is 0 Å². The van der Waals surface area contributed by atoms with Crippen molar-refractivity contribution in [3.63, 3.8) is 0 Å². The molecule has 0 aromatic heterocycles. The number of carbonyl (C=O) groups is 2. The highest BCUT2D eigenvalue weighted by atomic mass is 16.2. The first-order chi connectivity index (χ1) is 22.1. The molecular formula is C40H39N3O2. The van der Waals surface area contributed by atoms with E-state index in [0.717, 1.165) is 41.6 Å². The van der Waals surface area contributed by atoms with Crippen LogP contribution in [0.3, 0.4) is 0 Å². The van der Waals surface area contributed by atoms with Crippen molar-refractivity contribution in [3.8, 4) is 0 Å². The van der Waals surface area contributed by atoms with E-state index in [-0.39, 0.29) is 24.0 Å². The Labute approximate surface area is 266 Å². The lowest BCUT2D eigenvalue weighted by Crippen LogP contribution is -2.39. The van der Waals surface area contributed by atoms with Gasteiger partial charge in [-0.2, -0.15) is 0 Å². The molecule has 0 saturated heterocycles. The van der Waals surface area contributed by atoms with Crippen LogP contribution in [0.2, 0.25) is 0 Å². The summed E-state index contributed by atoms with van der Waals surface area (Å²) in [5, 5.41) is 3.62. The van der Waals surface area contributed by atoms with Crippen LogP contribution in [-0.4, -0.2) is 34.2 Å². The Morgan fingerprint density at radius 1 is 0.711 bits per heavy atom. The Morgan fingerprint density at radius 3 is 1.91 bits per heavy atom. The van der Waals surface area contributed by atoms with Gasteiger partial charge in [0.15, 0.2) is 0 Å². The molecular weight excluding hydrogens is 554 g/mol. The maximum Gasteiger partial charge on any atom is 0.256 e. The van der Waals surface area contributed by atoms with Crippen molar-refractivity contribution in [2.45, 2.75) is 44.9 Å². The molecule has 6 rings (SSSR count). The van der Waals surface area contributed by atoms with E-state index in [1.807, 2.05) is 101 Å². The SMILES string of the molecule is CC(CCc1ccccc1)N1C(=O)c2ccccc2C1Nc1ccc(C(=O)N(CCc2ccccc2)Cc2ccccc2)cc1. The van der Waals surface area contributed by atoms with Crippen LogP contribution in [-0.2, 0) is 19.4 Å². The zero-order valence-corrected chi connectivity index (χ0v) is 25.7. The first-order valence-corrected chi connectivity index (χ1v) is 15.8. The summed E-state index contributed by atoms with van der Waals surface area (Å²) >= 11 is 0. The summed E-state index contributed by atoms with van der Waals surface area (Å²) in [6.07, 6.45) is 2.25. The van der Waals surface area contributed by atoms with Gasteiger partial charge in [-0.1, -0.05) is 109 Å². The maximum absolute atomic E-state index is 13.8. The van der Waals surface area contributed by atoms with Crippen LogP contribution in [0, 0.1) is 0 Å². The molecule has 2 amide bonds. The number of hydrogen-bond acceptors (Lipinski definition) is 3. The monoisotopic (exact) mass is 593 g/mol. The average molecular weight is 594 g/mol. The summed E-state index contributed by atoms with van der Waals surface area (Å²) < 4.78 is 0. The van der Waals surface area contributed by atoms with Crippen molar-refractivity contribution in [2.75, 3.05) is 11.9 Å². The molecule has 0 bridgehead atoms. The van der Waals surface area contributed by atoms with Crippen LogP contribution in [0.5, 0.6) is 0 Å². The number of rotatable bonds is 12. The number of aryl methyl sites for hydroxylation is 1. The minimum Gasteiger partial charge on any atom is -0.361 e. The normalized spacial score (nSPS) is 14.6. The standard InChI is InChI=1S/C40H39N3O2/c1-30(21-22-31-13-5-2-6-14-31)43-38(36-19-11-12-20-37(36)40(43)45)41-35-25-23-34(24-26-35)39(44)42(29-33-17-9-4-10-18-33)28-27-32-15-7-3-8-16-32/h2-20,23-26,30,38,41H,21-22,27-29H2,1H3. The Morgan fingerprint density at radius 2 is 1.27 bits per heavy atom. The van der Waals surface area contributed by atoms with Gasteiger partial charge in [0.2, 0.25) is 0 Å². The highest BCUT2D eigenvalue weighted by molar-refractivity contribution is 6.00. The van der Waals surface area contributed by atoms with Crippen LogP contribution in [0.15, 0.2) is 140 Å². The van der Waals surface area contributed by atoms with Crippen molar-refractivity contribution >= 4 is 17.5 Å². The van der Waals surface area contributed by atoms with Gasteiger partial charge in [0.05, 0.1) is 0 Å². The van der Waals surface area contributed by atoms with Gasteiger partial charge in [0.1, 0.15) is 6.17 Å². The second-order valence-corrected chi connectivity index (χ2v) is 11.7. The zero-order valence-electron chi connectivity index (χ0n) is 25.7. The zero-order chi connectivity index (χ0) is 31.0. The topological polar surface area (TPSA) is 52.7 Å². The van der Waals surface area contributed by atoms with E-state index in [9.17, 15) is 9.59 Å². The molecule has 5 nitrogen and oxygen atoms in total. The highest BCUT2D eigenvalue weighted by Crippen LogP contribution is 2.37. The van der Waals surface area contributed by atoms with Gasteiger partial charge in [-0.05, 0) is 73.2 Å². The van der Waals surface area contributed by atoms with Crippen LogP contribution in [0.25, 0.3) is 0 Å². The van der Waals surface area contributed by atoms with Crippen molar-refractivity contribution in [2.24, 2.45) is 0 Å². The number of nitrogens with one attached hydrogen (secondary N) is 1. The Bertz CT molecular complexity index is 1710. The third kappa shape index (κ3) is 7.15. The molecule has 1 heterocycles. The average Bonchev–Trinajstić information content (AvgIpc) is 3.37. The molecule has 5 aromatic rings. The Kier molecular flexibility index (Phi) is 9.35. The minimum atomic E-state index is -0.290. The lowest BCUT2D eigenvalue weighted by molar-refractivity contribution is 0.0659. The second-order valence-electron chi connectivity index (χ2n) is 11.7. The predicted molar refractivity (Wildman–Crippen MR) is 181 cm³/mol. The molecule has 1 aliphatic rings. The molecule has 1 N–H and O–H groups in total. The van der Waals surface area contributed by atoms with E-state index in [4.69, 9.17) is 0 Å². The minimum absolute atomic E-state index is 0.00103. The molecule has 226 valence electrons. The highest BCUT2D eigenvalue weighted by Gasteiger charge is 2.39. The number of amides is 2. The molecule has 5 aromatic carbocycles. The van der Waals surface area contributed by atoms with Crippen LogP contribution in [0.1, 0.15) is 62.5 Å². The van der Waals surface area contributed by atoms with Gasteiger partial charge >= 0.3 is 0 Å². The molecule has 1 aliphatic heterocycles. The predicted octanol–water partition coefficient (Wildman–Crippen LogP) is 8.16. The van der Waals surface area contributed by atoms with Gasteiger partial charge in [-0.25, -0.2) is 0 Å². The fraction of sp³-hybridized carbons (Fsp3) is 0.200. The molecule has 0 radical (unpaired) electrons. The molecule has 45 heavy (non-hydrogen) atoms. The summed E-state index contributed by atoms with van der Waals surface area (Å²) in [7, 11) is 0. The number of nitrogens with zero attached hydrogens (tertiary/aromatic N) is 2. The van der Waals surface area contributed by atoms with E-state index in [1.54, 1.807) is 0 Å². The van der Waals surface area contributed by atoms with Crippen molar-refractivity contribution in [1.82, 2.24) is 9.80 Å². The summed E-state index contributed by atoms with van der Waals surface area (Å²) in [6.45, 7) is 3.29. The summed E-state index contributed by atoms with van der Waals surface area (Å²) in [5.74, 6) is 0.0457. The largest absolute Gasteiger partial charge is 0.361 e. The molecule has 2 atom stereocenters. The number of carbonyl (C=O) groups excluding carboxylic acids is 2. The Balaban J connectivity index is 1.18. The third-order valence-corrected chi connectivity index (χ3v) is 8.62. The van der Waals surface area contributed by atoms with Gasteiger partial charge in [-0.3, -0.25) is 9.59 Å². The maximum atomic E-state index is 13.8. The van der Waals surface area contributed by atoms with Crippen molar-refractivity contribution in [3.05, 3.63) is 173 Å². The van der Waals surface area contributed by atoms with Gasteiger partial charge in [0.25, 0.3) is 11.8 Å². The molecule has 0 fully saturated rings. The fourth-order valence-electron chi connectivity index (χ4n) is 6.11. The summed E-state index contributed by atoms with van der Waals surface area (Å²) in [4.78, 5) is 31.3. The smallest absolute Gasteiger partial charge is 0.256 e. The second kappa shape index (κ2) is 14.1. The number of benzene rings is 5. The van der Waals surface area contributed by atoms with Crippen LogP contribution in [0.4, 0.5) is 5.69 Å². The lowest BCUT2D eigenvalue weighted by Gasteiger charge is -2.32. The van der Waals surface area contributed by atoms with Gasteiger partial charge < -0.3 is 15.1 Å². The molecule has 0 aliphatic carbocycles. The van der Waals surface area contributed by atoms with E-state index in [2.05, 4.69) is 60.8 Å². The number of fused-ring (bicyclic) bond motifs is 1. The lowest BCUT2D eigenvalue weighted by atomic mass is 10.0. The fourth-order valence-corrected chi connectivity index (χ4v) is 6.11. The first-order valence-electron chi connectivity index (χ1n) is 15.8.